The smallest absolute Gasteiger partial charge is 0.277 e. The van der Waals surface area contributed by atoms with Crippen molar-refractivity contribution in [2.75, 3.05) is 6.61 Å². The van der Waals surface area contributed by atoms with E-state index in [2.05, 4.69) is 26.5 Å². The van der Waals surface area contributed by atoms with Gasteiger partial charge in [0.25, 0.3) is 5.91 Å². The van der Waals surface area contributed by atoms with Crippen molar-refractivity contribution in [2.45, 2.75) is 6.92 Å². The first kappa shape index (κ1) is 16.0. The quantitative estimate of drug-likeness (QED) is 0.623. The SMILES string of the molecule is Cc1ccsc1/C=N/NC(=O)COc1ccc(Br)cc1Cl. The number of hydrogen-bond acceptors (Lipinski definition) is 4. The van der Waals surface area contributed by atoms with Gasteiger partial charge in [-0.1, -0.05) is 27.5 Å². The molecule has 0 fully saturated rings. The molecule has 1 heterocycles. The summed E-state index contributed by atoms with van der Waals surface area (Å²) in [6.45, 7) is 1.83. The van der Waals surface area contributed by atoms with Gasteiger partial charge in [0, 0.05) is 9.35 Å². The van der Waals surface area contributed by atoms with E-state index in [4.69, 9.17) is 16.3 Å². The number of hydrogen-bond donors (Lipinski definition) is 1. The van der Waals surface area contributed by atoms with E-state index in [0.29, 0.717) is 10.8 Å². The van der Waals surface area contributed by atoms with Gasteiger partial charge in [-0.15, -0.1) is 11.3 Å². The molecule has 4 nitrogen and oxygen atoms in total. The first-order chi connectivity index (χ1) is 10.1. The van der Waals surface area contributed by atoms with E-state index in [9.17, 15) is 4.79 Å². The highest BCUT2D eigenvalue weighted by molar-refractivity contribution is 9.10. The van der Waals surface area contributed by atoms with Crippen LogP contribution in [0, 0.1) is 6.92 Å². The van der Waals surface area contributed by atoms with Gasteiger partial charge in [-0.05, 0) is 42.1 Å². The fraction of sp³-hybridized carbons (Fsp3) is 0.143. The highest BCUT2D eigenvalue weighted by Gasteiger charge is 2.05. The Balaban J connectivity index is 1.82. The molecule has 0 aliphatic rings. The van der Waals surface area contributed by atoms with E-state index in [1.165, 1.54) is 0 Å². The van der Waals surface area contributed by atoms with Crippen molar-refractivity contribution in [3.63, 3.8) is 0 Å². The molecule has 0 aliphatic heterocycles. The second kappa shape index (κ2) is 7.59. The van der Waals surface area contributed by atoms with Gasteiger partial charge in [0.1, 0.15) is 5.75 Å². The summed E-state index contributed by atoms with van der Waals surface area (Å²) in [7, 11) is 0. The summed E-state index contributed by atoms with van der Waals surface area (Å²) in [5.41, 5.74) is 3.53. The molecule has 0 saturated carbocycles. The molecule has 7 heteroatoms. The normalized spacial score (nSPS) is 10.8. The second-order valence-corrected chi connectivity index (χ2v) is 6.40. The van der Waals surface area contributed by atoms with Crippen LogP contribution >= 0.6 is 38.9 Å². The van der Waals surface area contributed by atoms with Crippen LogP contribution in [-0.2, 0) is 4.79 Å². The first-order valence-electron chi connectivity index (χ1n) is 6.00. The standard InChI is InChI=1S/C14H12BrClN2O2S/c1-9-4-5-21-13(9)7-17-18-14(19)8-20-12-3-2-10(15)6-11(12)16/h2-7H,8H2,1H3,(H,18,19)/b17-7+. The Bertz CT molecular complexity index is 673. The topological polar surface area (TPSA) is 50.7 Å². The highest BCUT2D eigenvalue weighted by atomic mass is 79.9. The summed E-state index contributed by atoms with van der Waals surface area (Å²) in [5.74, 6) is 0.104. The van der Waals surface area contributed by atoms with Crippen molar-refractivity contribution in [1.29, 1.82) is 0 Å². The van der Waals surface area contributed by atoms with Gasteiger partial charge >= 0.3 is 0 Å². The highest BCUT2D eigenvalue weighted by Crippen LogP contribution is 2.27. The Morgan fingerprint density at radius 3 is 3.00 bits per heavy atom. The van der Waals surface area contributed by atoms with Crippen molar-refractivity contribution >= 4 is 51.0 Å². The number of ether oxygens (including phenoxy) is 1. The van der Waals surface area contributed by atoms with Crippen molar-refractivity contribution in [3.05, 3.63) is 49.6 Å². The monoisotopic (exact) mass is 386 g/mol. The summed E-state index contributed by atoms with van der Waals surface area (Å²) < 4.78 is 6.18. The van der Waals surface area contributed by atoms with Crippen LogP contribution in [-0.4, -0.2) is 18.7 Å². The summed E-state index contributed by atoms with van der Waals surface area (Å²) in [6, 6.07) is 7.17. The van der Waals surface area contributed by atoms with Crippen LogP contribution in [0.5, 0.6) is 5.75 Å². The zero-order chi connectivity index (χ0) is 15.2. The molecule has 0 aliphatic carbocycles. The maximum absolute atomic E-state index is 11.6. The van der Waals surface area contributed by atoms with Gasteiger partial charge in [-0.2, -0.15) is 5.10 Å². The average Bonchev–Trinajstić information content (AvgIpc) is 2.83. The summed E-state index contributed by atoms with van der Waals surface area (Å²) in [5, 5.41) is 6.30. The lowest BCUT2D eigenvalue weighted by Gasteiger charge is -2.07. The summed E-state index contributed by atoms with van der Waals surface area (Å²) in [6.07, 6.45) is 1.62. The molecule has 0 spiro atoms. The molecule has 0 bridgehead atoms. The molecule has 0 unspecified atom stereocenters. The van der Waals surface area contributed by atoms with Gasteiger partial charge in [0.2, 0.25) is 0 Å². The van der Waals surface area contributed by atoms with Crippen molar-refractivity contribution in [3.8, 4) is 5.75 Å². The predicted octanol–water partition coefficient (Wildman–Crippen LogP) is 4.00. The van der Waals surface area contributed by atoms with Gasteiger partial charge < -0.3 is 4.74 Å². The fourth-order valence-corrected chi connectivity index (χ4v) is 2.96. The molecule has 2 aromatic rings. The van der Waals surface area contributed by atoms with Crippen LogP contribution in [0.4, 0.5) is 0 Å². The van der Waals surface area contributed by atoms with Gasteiger partial charge in [0.05, 0.1) is 11.2 Å². The number of hydrazone groups is 1. The Morgan fingerprint density at radius 2 is 2.33 bits per heavy atom. The predicted molar refractivity (Wildman–Crippen MR) is 89.4 cm³/mol. The largest absolute Gasteiger partial charge is 0.482 e. The zero-order valence-electron chi connectivity index (χ0n) is 11.1. The maximum Gasteiger partial charge on any atom is 0.277 e. The number of nitrogens with one attached hydrogen (secondary N) is 1. The minimum absolute atomic E-state index is 0.151. The van der Waals surface area contributed by atoms with Crippen LogP contribution in [0.1, 0.15) is 10.4 Å². The Kier molecular flexibility index (Phi) is 5.78. The Morgan fingerprint density at radius 1 is 1.52 bits per heavy atom. The fourth-order valence-electron chi connectivity index (χ4n) is 1.45. The minimum atomic E-state index is -0.348. The van der Waals surface area contributed by atoms with E-state index in [1.807, 2.05) is 18.4 Å². The maximum atomic E-state index is 11.6. The number of nitrogens with zero attached hydrogens (tertiary/aromatic N) is 1. The van der Waals surface area contributed by atoms with Crippen molar-refractivity contribution in [1.82, 2.24) is 5.43 Å². The van der Waals surface area contributed by atoms with E-state index < -0.39 is 0 Å². The number of halogens is 2. The lowest BCUT2D eigenvalue weighted by Crippen LogP contribution is -2.24. The molecule has 21 heavy (non-hydrogen) atoms. The molecule has 1 aromatic carbocycles. The van der Waals surface area contributed by atoms with E-state index >= 15 is 0 Å². The Hall–Kier alpha value is -1.37. The number of rotatable bonds is 5. The first-order valence-corrected chi connectivity index (χ1v) is 8.05. The van der Waals surface area contributed by atoms with Crippen LogP contribution in [0.25, 0.3) is 0 Å². The second-order valence-electron chi connectivity index (χ2n) is 4.12. The van der Waals surface area contributed by atoms with Gasteiger partial charge in [-0.3, -0.25) is 4.79 Å². The molecular formula is C14H12BrClN2O2S. The minimum Gasteiger partial charge on any atom is -0.482 e. The molecule has 0 radical (unpaired) electrons. The molecular weight excluding hydrogens is 376 g/mol. The number of aryl methyl sites for hydroxylation is 1. The summed E-state index contributed by atoms with van der Waals surface area (Å²) in [4.78, 5) is 12.6. The third kappa shape index (κ3) is 4.84. The van der Waals surface area contributed by atoms with Crippen molar-refractivity contribution < 1.29 is 9.53 Å². The molecule has 110 valence electrons. The zero-order valence-corrected chi connectivity index (χ0v) is 14.3. The van der Waals surface area contributed by atoms with Gasteiger partial charge in [0.15, 0.2) is 6.61 Å². The number of benzene rings is 1. The van der Waals surface area contributed by atoms with Crippen LogP contribution in [0.3, 0.4) is 0 Å². The average molecular weight is 388 g/mol. The number of carbonyl (C=O) groups excluding carboxylic acids is 1. The molecule has 0 atom stereocenters. The third-order valence-electron chi connectivity index (χ3n) is 2.53. The summed E-state index contributed by atoms with van der Waals surface area (Å²) >= 11 is 10.8. The van der Waals surface area contributed by atoms with Crippen LogP contribution < -0.4 is 10.2 Å². The lowest BCUT2D eigenvalue weighted by molar-refractivity contribution is -0.123. The van der Waals surface area contributed by atoms with Gasteiger partial charge in [-0.25, -0.2) is 5.43 Å². The molecule has 1 N–H and O–H groups in total. The molecule has 2 rings (SSSR count). The Labute approximate surface area is 139 Å². The van der Waals surface area contributed by atoms with E-state index in [0.717, 1.165) is 14.9 Å². The molecule has 1 amide bonds. The molecule has 1 aromatic heterocycles. The number of amides is 1. The van der Waals surface area contributed by atoms with Crippen LogP contribution in [0.15, 0.2) is 39.2 Å². The number of thiophene rings is 1. The van der Waals surface area contributed by atoms with E-state index in [-0.39, 0.29) is 12.5 Å². The molecule has 0 saturated heterocycles. The lowest BCUT2D eigenvalue weighted by atomic mass is 10.3. The third-order valence-corrected chi connectivity index (χ3v) is 4.27. The van der Waals surface area contributed by atoms with E-state index in [1.54, 1.807) is 35.8 Å². The van der Waals surface area contributed by atoms with Crippen LogP contribution in [0.2, 0.25) is 5.02 Å². The van der Waals surface area contributed by atoms with Crippen molar-refractivity contribution in [2.24, 2.45) is 5.10 Å². The number of carbonyl (C=O) groups is 1.